The summed E-state index contributed by atoms with van der Waals surface area (Å²) in [6.45, 7) is 4.37. The number of carbonyl (C=O) groups is 1. The summed E-state index contributed by atoms with van der Waals surface area (Å²) in [5.41, 5.74) is 1.39. The van der Waals surface area contributed by atoms with Crippen LogP contribution in [-0.4, -0.2) is 46.9 Å². The van der Waals surface area contributed by atoms with Crippen molar-refractivity contribution < 1.29 is 19.7 Å². The van der Waals surface area contributed by atoms with Crippen LogP contribution in [0.4, 0.5) is 0 Å². The summed E-state index contributed by atoms with van der Waals surface area (Å²) in [7, 11) is 0. The topological polar surface area (TPSA) is 70.0 Å². The molecule has 156 valence electrons. The van der Waals surface area contributed by atoms with E-state index in [1.807, 2.05) is 49.4 Å². The third-order valence-electron chi connectivity index (χ3n) is 5.90. The number of piperidine rings is 1. The first kappa shape index (κ1) is 21.3. The van der Waals surface area contributed by atoms with Crippen LogP contribution in [0.25, 0.3) is 0 Å². The number of aliphatic carboxylic acids is 1. The van der Waals surface area contributed by atoms with Crippen molar-refractivity contribution in [2.24, 2.45) is 5.41 Å². The zero-order valence-corrected chi connectivity index (χ0v) is 17.1. The van der Waals surface area contributed by atoms with Crippen LogP contribution in [-0.2, 0) is 17.8 Å². The molecule has 1 fully saturated rings. The molecule has 2 atom stereocenters. The molecule has 2 aromatic carbocycles. The van der Waals surface area contributed by atoms with Gasteiger partial charge in [0.25, 0.3) is 0 Å². The Morgan fingerprint density at radius 1 is 1.14 bits per heavy atom. The minimum Gasteiger partial charge on any atom is -0.493 e. The van der Waals surface area contributed by atoms with Crippen molar-refractivity contribution in [3.05, 3.63) is 65.7 Å². The Morgan fingerprint density at radius 2 is 1.86 bits per heavy atom. The van der Waals surface area contributed by atoms with Crippen LogP contribution in [0.2, 0.25) is 0 Å². The van der Waals surface area contributed by atoms with Crippen LogP contribution in [0.15, 0.2) is 54.6 Å². The number of carboxylic acid groups (broad SMARTS) is 1. The molecule has 0 radical (unpaired) electrons. The largest absolute Gasteiger partial charge is 0.493 e. The summed E-state index contributed by atoms with van der Waals surface area (Å²) < 4.78 is 5.83. The maximum absolute atomic E-state index is 11.8. The van der Waals surface area contributed by atoms with E-state index >= 15 is 0 Å². The lowest BCUT2D eigenvalue weighted by Crippen LogP contribution is -2.54. The lowest BCUT2D eigenvalue weighted by molar-refractivity contribution is -0.164. The van der Waals surface area contributed by atoms with Crippen molar-refractivity contribution in [3.63, 3.8) is 0 Å². The molecule has 1 aliphatic heterocycles. The highest BCUT2D eigenvalue weighted by molar-refractivity contribution is 5.75. The fraction of sp³-hybridized carbons (Fsp3) is 0.458. The molecule has 1 aliphatic rings. The van der Waals surface area contributed by atoms with Gasteiger partial charge in [0.2, 0.25) is 0 Å². The average molecular weight is 398 g/mol. The normalized spacial score (nSPS) is 22.3. The number of likely N-dealkylation sites (tertiary alicyclic amines) is 1. The lowest BCUT2D eigenvalue weighted by Gasteiger charge is -2.42. The summed E-state index contributed by atoms with van der Waals surface area (Å²) in [5.74, 6) is -0.0281. The van der Waals surface area contributed by atoms with Gasteiger partial charge in [-0.25, -0.2) is 0 Å². The minimum atomic E-state index is -0.998. The van der Waals surface area contributed by atoms with E-state index in [1.165, 1.54) is 5.56 Å². The van der Waals surface area contributed by atoms with E-state index in [0.29, 0.717) is 39.1 Å². The summed E-state index contributed by atoms with van der Waals surface area (Å²) in [6, 6.07) is 18.3. The molecular weight excluding hydrogens is 366 g/mol. The summed E-state index contributed by atoms with van der Waals surface area (Å²) in [5, 5.41) is 20.2. The Hall–Kier alpha value is -2.37. The van der Waals surface area contributed by atoms with E-state index in [9.17, 15) is 15.0 Å². The van der Waals surface area contributed by atoms with Gasteiger partial charge in [0.05, 0.1) is 18.1 Å². The Bertz CT molecular complexity index is 777. The molecule has 0 bridgehead atoms. The molecule has 5 heteroatoms. The van der Waals surface area contributed by atoms with Crippen molar-refractivity contribution in [2.75, 3.05) is 19.7 Å². The van der Waals surface area contributed by atoms with E-state index in [1.54, 1.807) is 0 Å². The van der Waals surface area contributed by atoms with Crippen molar-refractivity contribution in [2.45, 2.75) is 45.3 Å². The molecule has 0 saturated carbocycles. The smallest absolute Gasteiger partial charge is 0.312 e. The average Bonchev–Trinajstić information content (AvgIpc) is 2.72. The minimum absolute atomic E-state index is 0.391. The van der Waals surface area contributed by atoms with Gasteiger partial charge in [-0.3, -0.25) is 9.69 Å². The predicted molar refractivity (Wildman–Crippen MR) is 113 cm³/mol. The molecule has 0 aromatic heterocycles. The monoisotopic (exact) mass is 397 g/mol. The molecule has 1 saturated heterocycles. The maximum Gasteiger partial charge on any atom is 0.312 e. The maximum atomic E-state index is 11.8. The Balaban J connectivity index is 1.49. The van der Waals surface area contributed by atoms with E-state index in [-0.39, 0.29) is 0 Å². The molecule has 29 heavy (non-hydrogen) atoms. The second-order valence-corrected chi connectivity index (χ2v) is 7.94. The van der Waals surface area contributed by atoms with Crippen LogP contribution in [0.1, 0.15) is 37.3 Å². The third-order valence-corrected chi connectivity index (χ3v) is 5.90. The van der Waals surface area contributed by atoms with Gasteiger partial charge in [-0.15, -0.1) is 0 Å². The second kappa shape index (κ2) is 9.90. The zero-order valence-electron chi connectivity index (χ0n) is 17.1. The molecule has 0 amide bonds. The highest BCUT2D eigenvalue weighted by Gasteiger charge is 2.47. The fourth-order valence-electron chi connectivity index (χ4n) is 4.15. The van der Waals surface area contributed by atoms with Gasteiger partial charge >= 0.3 is 5.97 Å². The Morgan fingerprint density at radius 3 is 2.48 bits per heavy atom. The number of nitrogens with zero attached hydrogens (tertiary/aromatic N) is 1. The van der Waals surface area contributed by atoms with Gasteiger partial charge in [-0.1, -0.05) is 55.8 Å². The van der Waals surface area contributed by atoms with E-state index in [0.717, 1.165) is 24.2 Å². The number of ether oxygens (including phenoxy) is 1. The first-order valence-corrected chi connectivity index (χ1v) is 10.4. The zero-order chi connectivity index (χ0) is 20.7. The second-order valence-electron chi connectivity index (χ2n) is 7.94. The summed E-state index contributed by atoms with van der Waals surface area (Å²) >= 11 is 0. The fourth-order valence-corrected chi connectivity index (χ4v) is 4.15. The van der Waals surface area contributed by atoms with Crippen LogP contribution in [0.3, 0.4) is 0 Å². The number of β-amino-alcohol motifs (C(OH)–C–C–N with tert-alkyl or cyclic N) is 1. The van der Waals surface area contributed by atoms with E-state index in [2.05, 4.69) is 17.0 Å². The SMILES string of the molecule is CCC[C@]1(C(=O)O)CCN(Cc2ccc(OCCc3ccccc3)cc2)C[C@@H]1O. The molecular formula is C24H31NO4. The summed E-state index contributed by atoms with van der Waals surface area (Å²) in [6.07, 6.45) is 1.80. The number of carboxylic acids is 1. The van der Waals surface area contributed by atoms with Gasteiger partial charge in [0.1, 0.15) is 5.75 Å². The molecule has 5 nitrogen and oxygen atoms in total. The van der Waals surface area contributed by atoms with Crippen molar-refractivity contribution in [3.8, 4) is 5.75 Å². The molecule has 0 unspecified atom stereocenters. The molecule has 0 aliphatic carbocycles. The van der Waals surface area contributed by atoms with Crippen LogP contribution < -0.4 is 4.74 Å². The van der Waals surface area contributed by atoms with E-state index < -0.39 is 17.5 Å². The summed E-state index contributed by atoms with van der Waals surface area (Å²) in [4.78, 5) is 13.9. The first-order chi connectivity index (χ1) is 14.0. The van der Waals surface area contributed by atoms with Gasteiger partial charge < -0.3 is 14.9 Å². The highest BCUT2D eigenvalue weighted by Crippen LogP contribution is 2.37. The van der Waals surface area contributed by atoms with Gasteiger partial charge in [0, 0.05) is 19.5 Å². The predicted octanol–water partition coefficient (Wildman–Crippen LogP) is 3.75. The Kier molecular flexibility index (Phi) is 7.29. The molecule has 2 N–H and O–H groups in total. The van der Waals surface area contributed by atoms with Gasteiger partial charge in [0.15, 0.2) is 0 Å². The van der Waals surface area contributed by atoms with Crippen molar-refractivity contribution in [1.29, 1.82) is 0 Å². The van der Waals surface area contributed by atoms with Crippen molar-refractivity contribution >= 4 is 5.97 Å². The van der Waals surface area contributed by atoms with E-state index in [4.69, 9.17) is 4.74 Å². The van der Waals surface area contributed by atoms with Crippen molar-refractivity contribution in [1.82, 2.24) is 4.90 Å². The first-order valence-electron chi connectivity index (χ1n) is 10.4. The molecule has 3 rings (SSSR count). The number of hydrogen-bond acceptors (Lipinski definition) is 4. The number of hydrogen-bond donors (Lipinski definition) is 2. The number of aliphatic hydroxyl groups excluding tert-OH is 1. The standard InChI is InChI=1S/C24H31NO4/c1-2-13-24(23(27)28)14-15-25(18-22(24)26)17-20-8-10-21(11-9-20)29-16-12-19-6-4-3-5-7-19/h3-11,22,26H,2,12-18H2,1H3,(H,27,28)/t22-,24-/m0/s1. The van der Waals surface area contributed by atoms with Crippen LogP contribution in [0.5, 0.6) is 5.75 Å². The quantitative estimate of drug-likeness (QED) is 0.674. The lowest BCUT2D eigenvalue weighted by atomic mass is 9.73. The van der Waals surface area contributed by atoms with Gasteiger partial charge in [-0.2, -0.15) is 0 Å². The van der Waals surface area contributed by atoms with Crippen LogP contribution in [0, 0.1) is 5.41 Å². The number of benzene rings is 2. The Labute approximate surface area is 172 Å². The number of rotatable bonds is 9. The highest BCUT2D eigenvalue weighted by atomic mass is 16.5. The third kappa shape index (κ3) is 5.37. The molecule has 1 heterocycles. The number of aliphatic hydroxyl groups is 1. The molecule has 0 spiro atoms. The molecule has 2 aromatic rings. The van der Waals surface area contributed by atoms with Gasteiger partial charge in [-0.05, 0) is 42.6 Å². The van der Waals surface area contributed by atoms with Crippen LogP contribution >= 0.6 is 0 Å².